The van der Waals surface area contributed by atoms with Crippen molar-refractivity contribution in [2.75, 3.05) is 46.7 Å². The number of sulfonamides is 1. The first-order chi connectivity index (χ1) is 13.8. The zero-order valence-electron chi connectivity index (χ0n) is 17.3. The van der Waals surface area contributed by atoms with Crippen molar-refractivity contribution in [2.24, 2.45) is 0 Å². The third-order valence-electron chi connectivity index (χ3n) is 5.62. The third kappa shape index (κ3) is 5.21. The Morgan fingerprint density at radius 1 is 0.966 bits per heavy atom. The SMILES string of the molecule is COc1cccc(C(=O)N2CCC(OC3CCN(S(C)(=O)=O)CC3)CC2)c1OC. The van der Waals surface area contributed by atoms with Crippen molar-refractivity contribution < 1.29 is 27.4 Å². The number of carbonyl (C=O) groups excluding carboxylic acids is 1. The van der Waals surface area contributed by atoms with Crippen LogP contribution in [0.25, 0.3) is 0 Å². The number of likely N-dealkylation sites (tertiary alicyclic amines) is 1. The van der Waals surface area contributed by atoms with Gasteiger partial charge in [-0.2, -0.15) is 0 Å². The van der Waals surface area contributed by atoms with Crippen LogP contribution >= 0.6 is 0 Å². The summed E-state index contributed by atoms with van der Waals surface area (Å²) in [6, 6.07) is 5.31. The van der Waals surface area contributed by atoms with Crippen molar-refractivity contribution in [3.63, 3.8) is 0 Å². The van der Waals surface area contributed by atoms with E-state index in [1.807, 2.05) is 4.90 Å². The van der Waals surface area contributed by atoms with E-state index in [4.69, 9.17) is 14.2 Å². The molecular formula is C20H30N2O6S. The molecule has 0 saturated carbocycles. The summed E-state index contributed by atoms with van der Waals surface area (Å²) in [5.41, 5.74) is 0.499. The highest BCUT2D eigenvalue weighted by Gasteiger charge is 2.30. The molecule has 2 aliphatic heterocycles. The van der Waals surface area contributed by atoms with Crippen LogP contribution in [0.1, 0.15) is 36.0 Å². The summed E-state index contributed by atoms with van der Waals surface area (Å²) in [6.07, 6.45) is 4.40. The van der Waals surface area contributed by atoms with Gasteiger partial charge in [-0.05, 0) is 37.8 Å². The average Bonchev–Trinajstić information content (AvgIpc) is 2.73. The van der Waals surface area contributed by atoms with E-state index in [2.05, 4.69) is 0 Å². The summed E-state index contributed by atoms with van der Waals surface area (Å²) in [5.74, 6) is 0.925. The lowest BCUT2D eigenvalue weighted by Gasteiger charge is -2.36. The molecule has 162 valence electrons. The number of benzene rings is 1. The molecule has 0 radical (unpaired) electrons. The number of para-hydroxylation sites is 1. The van der Waals surface area contributed by atoms with Crippen LogP contribution in [0, 0.1) is 0 Å². The minimum absolute atomic E-state index is 0.0688. The lowest BCUT2D eigenvalue weighted by atomic mass is 10.0. The normalized spacial score (nSPS) is 19.9. The summed E-state index contributed by atoms with van der Waals surface area (Å²) in [6.45, 7) is 2.25. The number of piperidine rings is 2. The van der Waals surface area contributed by atoms with Crippen LogP contribution in [0.15, 0.2) is 18.2 Å². The summed E-state index contributed by atoms with van der Waals surface area (Å²) >= 11 is 0. The molecule has 1 amide bonds. The Morgan fingerprint density at radius 2 is 1.55 bits per heavy atom. The van der Waals surface area contributed by atoms with Crippen molar-refractivity contribution in [1.29, 1.82) is 0 Å². The van der Waals surface area contributed by atoms with Crippen LogP contribution < -0.4 is 9.47 Å². The predicted octanol–water partition coefficient (Wildman–Crippen LogP) is 1.75. The first-order valence-corrected chi connectivity index (χ1v) is 11.8. The van der Waals surface area contributed by atoms with Crippen LogP contribution in [-0.2, 0) is 14.8 Å². The molecule has 0 aliphatic carbocycles. The van der Waals surface area contributed by atoms with Crippen LogP contribution in [0.4, 0.5) is 0 Å². The summed E-state index contributed by atoms with van der Waals surface area (Å²) < 4.78 is 41.6. The largest absolute Gasteiger partial charge is 0.493 e. The molecule has 0 bridgehead atoms. The molecule has 9 heteroatoms. The molecule has 8 nitrogen and oxygen atoms in total. The molecule has 2 heterocycles. The monoisotopic (exact) mass is 426 g/mol. The topological polar surface area (TPSA) is 85.4 Å². The number of nitrogens with zero attached hydrogens (tertiary/aromatic N) is 2. The number of methoxy groups -OCH3 is 2. The smallest absolute Gasteiger partial charge is 0.257 e. The van der Waals surface area contributed by atoms with Crippen molar-refractivity contribution in [1.82, 2.24) is 9.21 Å². The fourth-order valence-corrected chi connectivity index (χ4v) is 4.87. The minimum atomic E-state index is -3.12. The molecule has 0 N–H and O–H groups in total. The minimum Gasteiger partial charge on any atom is -0.493 e. The lowest BCUT2D eigenvalue weighted by molar-refractivity contribution is -0.0557. The zero-order chi connectivity index (χ0) is 21.0. The van der Waals surface area contributed by atoms with Gasteiger partial charge in [-0.15, -0.1) is 0 Å². The number of ether oxygens (including phenoxy) is 3. The van der Waals surface area contributed by atoms with E-state index in [1.165, 1.54) is 17.7 Å². The van der Waals surface area contributed by atoms with Gasteiger partial charge in [-0.25, -0.2) is 12.7 Å². The number of hydrogen-bond acceptors (Lipinski definition) is 6. The van der Waals surface area contributed by atoms with Crippen LogP contribution in [0.5, 0.6) is 11.5 Å². The van der Waals surface area contributed by atoms with Gasteiger partial charge in [0.1, 0.15) is 0 Å². The van der Waals surface area contributed by atoms with E-state index < -0.39 is 10.0 Å². The van der Waals surface area contributed by atoms with E-state index >= 15 is 0 Å². The molecule has 2 fully saturated rings. The molecule has 2 saturated heterocycles. The highest BCUT2D eigenvalue weighted by molar-refractivity contribution is 7.88. The Balaban J connectivity index is 1.52. The maximum Gasteiger partial charge on any atom is 0.257 e. The van der Waals surface area contributed by atoms with Gasteiger partial charge in [0.05, 0.1) is 38.2 Å². The van der Waals surface area contributed by atoms with Gasteiger partial charge in [0.2, 0.25) is 10.0 Å². The van der Waals surface area contributed by atoms with E-state index in [0.29, 0.717) is 56.1 Å². The van der Waals surface area contributed by atoms with Crippen molar-refractivity contribution in [2.45, 2.75) is 37.9 Å². The Kier molecular flexibility index (Phi) is 7.02. The van der Waals surface area contributed by atoms with Gasteiger partial charge < -0.3 is 19.1 Å². The Morgan fingerprint density at radius 3 is 2.07 bits per heavy atom. The molecule has 1 aromatic rings. The predicted molar refractivity (Wildman–Crippen MR) is 109 cm³/mol. The third-order valence-corrected chi connectivity index (χ3v) is 6.92. The maximum atomic E-state index is 13.0. The Hall–Kier alpha value is -1.84. The lowest BCUT2D eigenvalue weighted by Crippen LogP contribution is -2.44. The van der Waals surface area contributed by atoms with Crippen molar-refractivity contribution >= 4 is 15.9 Å². The molecule has 0 unspecified atom stereocenters. The van der Waals surface area contributed by atoms with E-state index in [9.17, 15) is 13.2 Å². The second-order valence-electron chi connectivity index (χ2n) is 7.53. The molecule has 0 spiro atoms. The number of amides is 1. The summed E-state index contributed by atoms with van der Waals surface area (Å²) in [5, 5.41) is 0. The highest BCUT2D eigenvalue weighted by atomic mass is 32.2. The fraction of sp³-hybridized carbons (Fsp3) is 0.650. The molecule has 2 aliphatic rings. The fourth-order valence-electron chi connectivity index (χ4n) is 3.99. The molecule has 1 aromatic carbocycles. The summed E-state index contributed by atoms with van der Waals surface area (Å²) in [4.78, 5) is 14.8. The van der Waals surface area contributed by atoms with Crippen LogP contribution in [0.2, 0.25) is 0 Å². The van der Waals surface area contributed by atoms with E-state index in [1.54, 1.807) is 25.3 Å². The molecular weight excluding hydrogens is 396 g/mol. The first-order valence-electron chi connectivity index (χ1n) is 9.94. The van der Waals surface area contributed by atoms with Gasteiger partial charge in [-0.3, -0.25) is 4.79 Å². The van der Waals surface area contributed by atoms with Gasteiger partial charge in [0.25, 0.3) is 5.91 Å². The second-order valence-corrected chi connectivity index (χ2v) is 9.51. The van der Waals surface area contributed by atoms with Crippen LogP contribution in [0.3, 0.4) is 0 Å². The first kappa shape index (κ1) is 21.9. The Bertz CT molecular complexity index is 812. The van der Waals surface area contributed by atoms with Gasteiger partial charge in [0.15, 0.2) is 11.5 Å². The zero-order valence-corrected chi connectivity index (χ0v) is 18.1. The molecule has 3 rings (SSSR count). The molecule has 0 aromatic heterocycles. The summed E-state index contributed by atoms with van der Waals surface area (Å²) in [7, 11) is -0.0395. The van der Waals surface area contributed by atoms with Gasteiger partial charge >= 0.3 is 0 Å². The molecule has 29 heavy (non-hydrogen) atoms. The van der Waals surface area contributed by atoms with E-state index in [-0.39, 0.29) is 18.1 Å². The van der Waals surface area contributed by atoms with Crippen molar-refractivity contribution in [3.05, 3.63) is 23.8 Å². The molecule has 0 atom stereocenters. The van der Waals surface area contributed by atoms with Crippen molar-refractivity contribution in [3.8, 4) is 11.5 Å². The number of rotatable bonds is 6. The van der Waals surface area contributed by atoms with Crippen LogP contribution in [-0.4, -0.2) is 82.4 Å². The average molecular weight is 427 g/mol. The highest BCUT2D eigenvalue weighted by Crippen LogP contribution is 2.32. The van der Waals surface area contributed by atoms with Gasteiger partial charge in [0, 0.05) is 26.2 Å². The van der Waals surface area contributed by atoms with Gasteiger partial charge in [-0.1, -0.05) is 6.07 Å². The number of hydrogen-bond donors (Lipinski definition) is 0. The second kappa shape index (κ2) is 9.32. The number of carbonyl (C=O) groups is 1. The standard InChI is InChI=1S/C20H30N2O6S/c1-26-18-6-4-5-17(19(18)27-2)20(23)21-11-7-15(8-12-21)28-16-9-13-22(14-10-16)29(3,24)25/h4-6,15-16H,7-14H2,1-3H3. The Labute approximate surface area is 172 Å². The maximum absolute atomic E-state index is 13.0. The quantitative estimate of drug-likeness (QED) is 0.689. The van der Waals surface area contributed by atoms with E-state index in [0.717, 1.165) is 12.8 Å².